The predicted octanol–water partition coefficient (Wildman–Crippen LogP) is 3.77. The van der Waals surface area contributed by atoms with E-state index in [9.17, 15) is 9.90 Å². The van der Waals surface area contributed by atoms with E-state index in [0.29, 0.717) is 6.42 Å². The number of ketones is 1. The van der Waals surface area contributed by atoms with E-state index in [1.54, 1.807) is 12.1 Å². The first-order valence-corrected chi connectivity index (χ1v) is 7.14. The molecule has 0 radical (unpaired) electrons. The second kappa shape index (κ2) is 5.49. The zero-order chi connectivity index (χ0) is 13.9. The minimum atomic E-state index is 0.0282. The number of hydrogen-bond donors (Lipinski definition) is 1. The normalized spacial score (nSPS) is 18.4. The number of benzene rings is 2. The monoisotopic (exact) mass is 266 g/mol. The minimum absolute atomic E-state index is 0.0282. The van der Waals surface area contributed by atoms with Crippen molar-refractivity contribution in [2.75, 3.05) is 0 Å². The Kier molecular flexibility index (Phi) is 3.55. The molecule has 102 valence electrons. The molecule has 0 aliphatic heterocycles. The molecular weight excluding hydrogens is 248 g/mol. The van der Waals surface area contributed by atoms with E-state index < -0.39 is 0 Å². The minimum Gasteiger partial charge on any atom is -0.508 e. The average molecular weight is 266 g/mol. The Labute approximate surface area is 119 Å². The van der Waals surface area contributed by atoms with Gasteiger partial charge in [-0.3, -0.25) is 4.79 Å². The molecule has 0 spiro atoms. The van der Waals surface area contributed by atoms with Gasteiger partial charge in [0.25, 0.3) is 0 Å². The molecule has 0 aromatic heterocycles. The number of fused-ring (bicyclic) bond motifs is 1. The maximum atomic E-state index is 12.7. The lowest BCUT2D eigenvalue weighted by molar-refractivity contribution is 0.0915. The lowest BCUT2D eigenvalue weighted by Gasteiger charge is -2.14. The fourth-order valence-electron chi connectivity index (χ4n) is 3.03. The Morgan fingerprint density at radius 1 is 1.10 bits per heavy atom. The van der Waals surface area contributed by atoms with Crippen LogP contribution < -0.4 is 0 Å². The molecular formula is C18H18O2. The summed E-state index contributed by atoms with van der Waals surface area (Å²) in [6, 6.07) is 15.2. The van der Waals surface area contributed by atoms with Gasteiger partial charge in [-0.2, -0.15) is 0 Å². The number of hydrogen-bond acceptors (Lipinski definition) is 2. The lowest BCUT2D eigenvalue weighted by atomic mass is 9.89. The van der Waals surface area contributed by atoms with E-state index in [2.05, 4.69) is 6.07 Å². The van der Waals surface area contributed by atoms with Crippen molar-refractivity contribution in [2.24, 2.45) is 5.92 Å². The van der Waals surface area contributed by atoms with E-state index in [0.717, 1.165) is 30.4 Å². The Hall–Kier alpha value is -2.09. The number of Topliss-reactive ketones (excluding diaryl/α,β-unsaturated/α-hetero) is 1. The molecule has 0 saturated carbocycles. The van der Waals surface area contributed by atoms with E-state index in [1.807, 2.05) is 30.3 Å². The average Bonchev–Trinajstić information content (AvgIpc) is 2.60. The SMILES string of the molecule is O=C1c2ccccc2CCCC1Cc1cccc(O)c1. The molecule has 1 unspecified atom stereocenters. The molecule has 0 saturated heterocycles. The molecule has 0 fully saturated rings. The fraction of sp³-hybridized carbons (Fsp3) is 0.278. The number of rotatable bonds is 2. The predicted molar refractivity (Wildman–Crippen MR) is 79.0 cm³/mol. The maximum absolute atomic E-state index is 12.7. The zero-order valence-corrected chi connectivity index (χ0v) is 11.4. The van der Waals surface area contributed by atoms with Gasteiger partial charge in [-0.15, -0.1) is 0 Å². The van der Waals surface area contributed by atoms with Crippen LogP contribution in [0.25, 0.3) is 0 Å². The molecule has 1 aliphatic carbocycles. The molecule has 2 nitrogen and oxygen atoms in total. The number of aromatic hydroxyl groups is 1. The highest BCUT2D eigenvalue weighted by atomic mass is 16.3. The van der Waals surface area contributed by atoms with Crippen LogP contribution in [0.1, 0.15) is 34.3 Å². The smallest absolute Gasteiger partial charge is 0.166 e. The van der Waals surface area contributed by atoms with Crippen LogP contribution in [0.5, 0.6) is 5.75 Å². The van der Waals surface area contributed by atoms with Gasteiger partial charge < -0.3 is 5.11 Å². The highest BCUT2D eigenvalue weighted by molar-refractivity contribution is 5.99. The standard InChI is InChI=1S/C18H18O2/c19-16-9-3-5-13(12-16)11-15-8-4-7-14-6-1-2-10-17(14)18(15)20/h1-3,5-6,9-10,12,15,19H,4,7-8,11H2. The highest BCUT2D eigenvalue weighted by Crippen LogP contribution is 2.27. The molecule has 0 amide bonds. The van der Waals surface area contributed by atoms with Crippen LogP contribution in [-0.4, -0.2) is 10.9 Å². The van der Waals surface area contributed by atoms with Crippen molar-refractivity contribution in [3.63, 3.8) is 0 Å². The summed E-state index contributed by atoms with van der Waals surface area (Å²) in [5, 5.41) is 9.54. The molecule has 20 heavy (non-hydrogen) atoms. The lowest BCUT2D eigenvalue weighted by Crippen LogP contribution is -2.16. The maximum Gasteiger partial charge on any atom is 0.166 e. The van der Waals surface area contributed by atoms with E-state index >= 15 is 0 Å². The summed E-state index contributed by atoms with van der Waals surface area (Å²) in [6.45, 7) is 0. The largest absolute Gasteiger partial charge is 0.508 e. The molecule has 1 atom stereocenters. The summed E-state index contributed by atoms with van der Waals surface area (Å²) in [7, 11) is 0. The molecule has 3 rings (SSSR count). The quantitative estimate of drug-likeness (QED) is 0.840. The van der Waals surface area contributed by atoms with Gasteiger partial charge in [-0.1, -0.05) is 36.4 Å². The van der Waals surface area contributed by atoms with Gasteiger partial charge >= 0.3 is 0 Å². The van der Waals surface area contributed by atoms with Crippen LogP contribution in [0.4, 0.5) is 0 Å². The highest BCUT2D eigenvalue weighted by Gasteiger charge is 2.25. The second-order valence-electron chi connectivity index (χ2n) is 5.48. The van der Waals surface area contributed by atoms with Gasteiger partial charge in [0.2, 0.25) is 0 Å². The Morgan fingerprint density at radius 3 is 2.80 bits per heavy atom. The van der Waals surface area contributed by atoms with Gasteiger partial charge in [0.15, 0.2) is 5.78 Å². The van der Waals surface area contributed by atoms with Crippen molar-refractivity contribution in [1.82, 2.24) is 0 Å². The van der Waals surface area contributed by atoms with Gasteiger partial charge in [0, 0.05) is 11.5 Å². The van der Waals surface area contributed by atoms with Crippen LogP contribution in [0.15, 0.2) is 48.5 Å². The first-order valence-electron chi connectivity index (χ1n) is 7.14. The van der Waals surface area contributed by atoms with Gasteiger partial charge in [0.05, 0.1) is 0 Å². The number of carbonyl (C=O) groups is 1. The van der Waals surface area contributed by atoms with Crippen molar-refractivity contribution >= 4 is 5.78 Å². The first-order chi connectivity index (χ1) is 9.74. The van der Waals surface area contributed by atoms with Crippen molar-refractivity contribution < 1.29 is 9.90 Å². The van der Waals surface area contributed by atoms with Crippen molar-refractivity contribution in [3.8, 4) is 5.75 Å². The first kappa shape index (κ1) is 12.9. The summed E-state index contributed by atoms with van der Waals surface area (Å²) in [4.78, 5) is 12.7. The van der Waals surface area contributed by atoms with Gasteiger partial charge in [-0.25, -0.2) is 0 Å². The molecule has 2 heteroatoms. The zero-order valence-electron chi connectivity index (χ0n) is 11.4. The van der Waals surface area contributed by atoms with Crippen molar-refractivity contribution in [1.29, 1.82) is 0 Å². The third kappa shape index (κ3) is 2.60. The Bertz CT molecular complexity index is 631. The molecule has 1 aliphatic rings. The molecule has 2 aromatic rings. The molecule has 1 N–H and O–H groups in total. The summed E-state index contributed by atoms with van der Waals surface area (Å²) in [5.74, 6) is 0.547. The molecule has 2 aromatic carbocycles. The fourth-order valence-corrected chi connectivity index (χ4v) is 3.03. The van der Waals surface area contributed by atoms with Crippen LogP contribution in [0.2, 0.25) is 0 Å². The van der Waals surface area contributed by atoms with Crippen LogP contribution in [-0.2, 0) is 12.8 Å². The topological polar surface area (TPSA) is 37.3 Å². The number of carbonyl (C=O) groups excluding carboxylic acids is 1. The summed E-state index contributed by atoms with van der Waals surface area (Å²) < 4.78 is 0. The Morgan fingerprint density at radius 2 is 1.95 bits per heavy atom. The van der Waals surface area contributed by atoms with E-state index in [-0.39, 0.29) is 17.5 Å². The van der Waals surface area contributed by atoms with Gasteiger partial charge in [-0.05, 0) is 48.9 Å². The Balaban J connectivity index is 1.86. The number of phenols is 1. The number of aryl methyl sites for hydroxylation is 1. The van der Waals surface area contributed by atoms with Crippen molar-refractivity contribution in [2.45, 2.75) is 25.7 Å². The van der Waals surface area contributed by atoms with Crippen molar-refractivity contribution in [3.05, 3.63) is 65.2 Å². The third-order valence-electron chi connectivity index (χ3n) is 4.04. The molecule has 0 bridgehead atoms. The molecule has 0 heterocycles. The number of phenolic OH excluding ortho intramolecular Hbond substituents is 1. The summed E-state index contributed by atoms with van der Waals surface area (Å²) in [6.07, 6.45) is 3.66. The van der Waals surface area contributed by atoms with Crippen LogP contribution in [0, 0.1) is 5.92 Å². The summed E-state index contributed by atoms with van der Waals surface area (Å²) >= 11 is 0. The third-order valence-corrected chi connectivity index (χ3v) is 4.04. The van der Waals surface area contributed by atoms with Gasteiger partial charge in [0.1, 0.15) is 5.75 Å². The van der Waals surface area contributed by atoms with E-state index in [4.69, 9.17) is 0 Å². The van der Waals surface area contributed by atoms with Crippen LogP contribution in [0.3, 0.4) is 0 Å². The summed E-state index contributed by atoms with van der Waals surface area (Å²) in [5.41, 5.74) is 3.09. The second-order valence-corrected chi connectivity index (χ2v) is 5.48. The van der Waals surface area contributed by atoms with Crippen LogP contribution >= 0.6 is 0 Å². The van der Waals surface area contributed by atoms with E-state index in [1.165, 1.54) is 5.56 Å².